The lowest BCUT2D eigenvalue weighted by Gasteiger charge is -2.43. The van der Waals surface area contributed by atoms with E-state index in [9.17, 15) is 14.4 Å². The molecule has 2 aromatic carbocycles. The number of likely N-dealkylation sites (tertiary alicyclic amines) is 1. The van der Waals surface area contributed by atoms with E-state index in [2.05, 4.69) is 15.5 Å². The molecular formula is C23H26N4O3S. The summed E-state index contributed by atoms with van der Waals surface area (Å²) < 4.78 is 0. The van der Waals surface area contributed by atoms with E-state index in [1.54, 1.807) is 28.8 Å². The first-order valence-corrected chi connectivity index (χ1v) is 11.6. The summed E-state index contributed by atoms with van der Waals surface area (Å²) >= 11 is 1.61. The molecule has 0 atom stereocenters. The number of carbonyl (C=O) groups is 3. The molecule has 0 aliphatic carbocycles. The molecule has 2 aliphatic rings. The molecule has 0 unspecified atom stereocenters. The van der Waals surface area contributed by atoms with Crippen molar-refractivity contribution in [3.63, 3.8) is 0 Å². The Labute approximate surface area is 186 Å². The standard InChI is InChI=1S/C23H26N4O3S/c1-31-19-9-7-17(8-10-19)21(29)24-15-20(28)26-13-11-23(12-14-26)22(30)25-16-27(23)18-5-3-2-4-6-18/h2-10H,11-16H2,1H3,(H,24,29)(H,25,30). The summed E-state index contributed by atoms with van der Waals surface area (Å²) in [6.07, 6.45) is 3.10. The van der Waals surface area contributed by atoms with E-state index in [4.69, 9.17) is 0 Å². The topological polar surface area (TPSA) is 81.8 Å². The van der Waals surface area contributed by atoms with Gasteiger partial charge in [-0.1, -0.05) is 18.2 Å². The molecular weight excluding hydrogens is 412 g/mol. The van der Waals surface area contributed by atoms with Gasteiger partial charge in [-0.15, -0.1) is 11.8 Å². The molecule has 0 bridgehead atoms. The fourth-order valence-corrected chi connectivity index (χ4v) is 4.68. The molecule has 4 rings (SSSR count). The number of benzene rings is 2. The summed E-state index contributed by atoms with van der Waals surface area (Å²) in [6, 6.07) is 17.2. The van der Waals surface area contributed by atoms with Crippen molar-refractivity contribution in [1.29, 1.82) is 0 Å². The predicted molar refractivity (Wildman–Crippen MR) is 121 cm³/mol. The highest BCUT2D eigenvalue weighted by Crippen LogP contribution is 2.36. The van der Waals surface area contributed by atoms with Crippen LogP contribution in [-0.2, 0) is 9.59 Å². The van der Waals surface area contributed by atoms with Crippen LogP contribution < -0.4 is 15.5 Å². The number of hydrogen-bond donors (Lipinski definition) is 2. The van der Waals surface area contributed by atoms with Gasteiger partial charge in [-0.3, -0.25) is 14.4 Å². The number of rotatable bonds is 5. The average molecular weight is 439 g/mol. The molecule has 31 heavy (non-hydrogen) atoms. The van der Waals surface area contributed by atoms with Crippen molar-refractivity contribution in [1.82, 2.24) is 15.5 Å². The van der Waals surface area contributed by atoms with E-state index in [1.807, 2.05) is 48.7 Å². The minimum absolute atomic E-state index is 0.0189. The van der Waals surface area contributed by atoms with Crippen LogP contribution in [0.3, 0.4) is 0 Å². The van der Waals surface area contributed by atoms with Crippen LogP contribution in [0, 0.1) is 0 Å². The maximum absolute atomic E-state index is 12.7. The maximum atomic E-state index is 12.7. The summed E-state index contributed by atoms with van der Waals surface area (Å²) in [5.74, 6) is -0.376. The Morgan fingerprint density at radius 1 is 1.06 bits per heavy atom. The number of nitrogens with one attached hydrogen (secondary N) is 2. The van der Waals surface area contributed by atoms with E-state index in [1.165, 1.54) is 0 Å². The van der Waals surface area contributed by atoms with Gasteiger partial charge in [-0.05, 0) is 55.5 Å². The highest BCUT2D eigenvalue weighted by atomic mass is 32.2. The van der Waals surface area contributed by atoms with Crippen molar-refractivity contribution in [2.75, 3.05) is 37.5 Å². The van der Waals surface area contributed by atoms with Crippen LogP contribution in [0.2, 0.25) is 0 Å². The molecule has 2 saturated heterocycles. The molecule has 3 amide bonds. The number of carbonyl (C=O) groups excluding carboxylic acids is 3. The van der Waals surface area contributed by atoms with Gasteiger partial charge in [0.1, 0.15) is 5.54 Å². The minimum Gasteiger partial charge on any atom is -0.343 e. The summed E-state index contributed by atoms with van der Waals surface area (Å²) in [6.45, 7) is 1.38. The van der Waals surface area contributed by atoms with Crippen LogP contribution in [0.4, 0.5) is 5.69 Å². The van der Waals surface area contributed by atoms with Gasteiger partial charge in [-0.2, -0.15) is 0 Å². The molecule has 2 heterocycles. The molecule has 0 aromatic heterocycles. The third-order valence-electron chi connectivity index (χ3n) is 6.10. The van der Waals surface area contributed by atoms with Crippen molar-refractivity contribution >= 4 is 35.2 Å². The fraction of sp³-hybridized carbons (Fsp3) is 0.348. The lowest BCUT2D eigenvalue weighted by Crippen LogP contribution is -2.58. The smallest absolute Gasteiger partial charge is 0.251 e. The highest BCUT2D eigenvalue weighted by molar-refractivity contribution is 7.98. The number of piperidine rings is 1. The minimum atomic E-state index is -0.625. The molecule has 1 spiro atoms. The van der Waals surface area contributed by atoms with Crippen LogP contribution in [0.5, 0.6) is 0 Å². The first kappa shape index (κ1) is 21.2. The molecule has 0 saturated carbocycles. The predicted octanol–water partition coefficient (Wildman–Crippen LogP) is 2.09. The molecule has 2 N–H and O–H groups in total. The van der Waals surface area contributed by atoms with E-state index < -0.39 is 5.54 Å². The lowest BCUT2D eigenvalue weighted by atomic mass is 9.85. The first-order valence-electron chi connectivity index (χ1n) is 10.3. The fourth-order valence-electron chi connectivity index (χ4n) is 4.27. The summed E-state index contributed by atoms with van der Waals surface area (Å²) in [5.41, 5.74) is 0.908. The van der Waals surface area contributed by atoms with Crippen molar-refractivity contribution in [2.45, 2.75) is 23.3 Å². The highest BCUT2D eigenvalue weighted by Gasteiger charge is 2.50. The molecule has 162 valence electrons. The summed E-state index contributed by atoms with van der Waals surface area (Å²) in [7, 11) is 0. The first-order chi connectivity index (χ1) is 15.0. The maximum Gasteiger partial charge on any atom is 0.251 e. The number of nitrogens with zero attached hydrogens (tertiary/aromatic N) is 2. The molecule has 8 heteroatoms. The normalized spacial score (nSPS) is 17.5. The van der Waals surface area contributed by atoms with Crippen LogP contribution >= 0.6 is 11.8 Å². The van der Waals surface area contributed by atoms with E-state index in [-0.39, 0.29) is 24.3 Å². The van der Waals surface area contributed by atoms with Gasteiger partial charge < -0.3 is 20.4 Å². The molecule has 2 fully saturated rings. The Balaban J connectivity index is 1.34. The third kappa shape index (κ3) is 4.25. The second-order valence-corrected chi connectivity index (χ2v) is 8.63. The van der Waals surface area contributed by atoms with Gasteiger partial charge in [0.2, 0.25) is 11.8 Å². The van der Waals surface area contributed by atoms with Gasteiger partial charge in [0.25, 0.3) is 5.91 Å². The molecule has 2 aliphatic heterocycles. The zero-order valence-corrected chi connectivity index (χ0v) is 18.3. The van der Waals surface area contributed by atoms with Gasteiger partial charge in [0, 0.05) is 29.2 Å². The van der Waals surface area contributed by atoms with Crippen LogP contribution in [0.1, 0.15) is 23.2 Å². The van der Waals surface area contributed by atoms with E-state index in [0.29, 0.717) is 38.2 Å². The van der Waals surface area contributed by atoms with Gasteiger partial charge in [-0.25, -0.2) is 0 Å². The Hall–Kier alpha value is -3.00. The summed E-state index contributed by atoms with van der Waals surface area (Å²) in [4.78, 5) is 42.6. The van der Waals surface area contributed by atoms with Crippen molar-refractivity contribution < 1.29 is 14.4 Å². The molecule has 0 radical (unpaired) electrons. The van der Waals surface area contributed by atoms with Crippen molar-refractivity contribution in [3.05, 3.63) is 60.2 Å². The van der Waals surface area contributed by atoms with E-state index in [0.717, 1.165) is 10.6 Å². The van der Waals surface area contributed by atoms with Crippen LogP contribution in [-0.4, -0.2) is 60.7 Å². The zero-order chi connectivity index (χ0) is 21.8. The van der Waals surface area contributed by atoms with Gasteiger partial charge in [0.15, 0.2) is 0 Å². The lowest BCUT2D eigenvalue weighted by molar-refractivity contribution is -0.134. The second-order valence-electron chi connectivity index (χ2n) is 7.75. The number of hydrogen-bond acceptors (Lipinski definition) is 5. The number of para-hydroxylation sites is 1. The Morgan fingerprint density at radius 3 is 2.39 bits per heavy atom. The Morgan fingerprint density at radius 2 is 1.74 bits per heavy atom. The van der Waals surface area contributed by atoms with Crippen molar-refractivity contribution in [2.24, 2.45) is 0 Å². The quantitative estimate of drug-likeness (QED) is 0.699. The number of amides is 3. The zero-order valence-electron chi connectivity index (χ0n) is 17.5. The SMILES string of the molecule is CSc1ccc(C(=O)NCC(=O)N2CCC3(CC2)C(=O)NCN3c2ccccc2)cc1. The van der Waals surface area contributed by atoms with Gasteiger partial charge >= 0.3 is 0 Å². The third-order valence-corrected chi connectivity index (χ3v) is 6.84. The number of anilines is 1. The monoisotopic (exact) mass is 438 g/mol. The molecule has 2 aromatic rings. The van der Waals surface area contributed by atoms with Crippen LogP contribution in [0.25, 0.3) is 0 Å². The molecule has 7 nitrogen and oxygen atoms in total. The summed E-state index contributed by atoms with van der Waals surface area (Å²) in [5, 5.41) is 5.68. The van der Waals surface area contributed by atoms with Crippen LogP contribution in [0.15, 0.2) is 59.5 Å². The van der Waals surface area contributed by atoms with Crippen molar-refractivity contribution in [3.8, 4) is 0 Å². The average Bonchev–Trinajstić information content (AvgIpc) is 3.13. The number of thioether (sulfide) groups is 1. The van der Waals surface area contributed by atoms with Gasteiger partial charge in [0.05, 0.1) is 13.2 Å². The Kier molecular flexibility index (Phi) is 6.18. The largest absolute Gasteiger partial charge is 0.343 e. The van der Waals surface area contributed by atoms with E-state index >= 15 is 0 Å². The second kappa shape index (κ2) is 9.01. The Bertz CT molecular complexity index is 957.